The van der Waals surface area contributed by atoms with Gasteiger partial charge in [0.15, 0.2) is 5.78 Å². The molecule has 6 heteroatoms. The van der Waals surface area contributed by atoms with Crippen LogP contribution in [-0.2, 0) is 0 Å². The van der Waals surface area contributed by atoms with Crippen LogP contribution in [0.4, 0.5) is 5.69 Å². The lowest BCUT2D eigenvalue weighted by molar-refractivity contribution is 0.101. The Kier molecular flexibility index (Phi) is 4.12. The van der Waals surface area contributed by atoms with Crippen molar-refractivity contribution in [2.45, 2.75) is 13.8 Å². The van der Waals surface area contributed by atoms with Gasteiger partial charge in [0.2, 0.25) is 5.78 Å². The minimum Gasteiger partial charge on any atom is -0.464 e. The fraction of sp³-hybridized carbons (Fsp3) is 0.0952. The van der Waals surface area contributed by atoms with Gasteiger partial charge < -0.3 is 10.2 Å². The van der Waals surface area contributed by atoms with Crippen molar-refractivity contribution in [3.8, 4) is 11.3 Å². The molecule has 0 aliphatic rings. The number of nitrogens with zero attached hydrogens (tertiary/aromatic N) is 1. The highest BCUT2D eigenvalue weighted by atomic mass is 32.1. The largest absolute Gasteiger partial charge is 0.464 e. The zero-order valence-electron chi connectivity index (χ0n) is 14.8. The molecule has 0 spiro atoms. The molecule has 0 aliphatic heterocycles. The second-order valence-corrected chi connectivity index (χ2v) is 7.20. The molecule has 1 aromatic carbocycles. The van der Waals surface area contributed by atoms with Crippen LogP contribution in [0.25, 0.3) is 21.5 Å². The van der Waals surface area contributed by atoms with Crippen LogP contribution in [0.1, 0.15) is 38.2 Å². The smallest absolute Gasteiger partial charge is 0.205 e. The number of aromatic nitrogens is 1. The molecule has 4 rings (SSSR count). The van der Waals surface area contributed by atoms with Crippen molar-refractivity contribution in [3.05, 3.63) is 70.4 Å². The molecular weight excluding hydrogens is 360 g/mol. The summed E-state index contributed by atoms with van der Waals surface area (Å²) in [5.74, 6) is 0.234. The second kappa shape index (κ2) is 6.48. The third kappa shape index (κ3) is 2.74. The summed E-state index contributed by atoms with van der Waals surface area (Å²) in [6.07, 6.45) is 1.54. The first-order valence-electron chi connectivity index (χ1n) is 8.36. The first-order valence-corrected chi connectivity index (χ1v) is 9.17. The number of hydrogen-bond donors (Lipinski definition) is 1. The minimum atomic E-state index is -0.163. The van der Waals surface area contributed by atoms with E-state index in [1.165, 1.54) is 18.3 Å². The molecule has 27 heavy (non-hydrogen) atoms. The molecule has 0 bridgehead atoms. The zero-order valence-corrected chi connectivity index (χ0v) is 15.6. The summed E-state index contributed by atoms with van der Waals surface area (Å²) >= 11 is 1.23. The van der Waals surface area contributed by atoms with Crippen molar-refractivity contribution in [1.29, 1.82) is 0 Å². The van der Waals surface area contributed by atoms with E-state index in [2.05, 4.69) is 4.98 Å². The summed E-state index contributed by atoms with van der Waals surface area (Å²) < 4.78 is 5.57. The maximum atomic E-state index is 13.0. The number of fused-ring (bicyclic) bond motifs is 1. The van der Waals surface area contributed by atoms with E-state index in [1.807, 2.05) is 6.07 Å². The second-order valence-electron chi connectivity index (χ2n) is 6.20. The molecule has 0 saturated heterocycles. The van der Waals surface area contributed by atoms with Crippen LogP contribution in [0, 0.1) is 6.92 Å². The monoisotopic (exact) mass is 376 g/mol. The van der Waals surface area contributed by atoms with Gasteiger partial charge in [-0.2, -0.15) is 0 Å². The Morgan fingerprint density at radius 2 is 1.85 bits per heavy atom. The summed E-state index contributed by atoms with van der Waals surface area (Å²) in [7, 11) is 0. The van der Waals surface area contributed by atoms with E-state index in [0.29, 0.717) is 48.9 Å². The topological polar surface area (TPSA) is 86.2 Å². The number of thiophene rings is 1. The molecular formula is C21H16N2O3S. The number of pyridine rings is 1. The van der Waals surface area contributed by atoms with Gasteiger partial charge in [0.05, 0.1) is 23.2 Å². The van der Waals surface area contributed by atoms with Crippen LogP contribution in [0.5, 0.6) is 0 Å². The summed E-state index contributed by atoms with van der Waals surface area (Å²) in [6, 6.07) is 12.5. The molecule has 0 radical (unpaired) electrons. The van der Waals surface area contributed by atoms with E-state index in [1.54, 1.807) is 49.6 Å². The van der Waals surface area contributed by atoms with Crippen LogP contribution >= 0.6 is 11.3 Å². The zero-order chi connectivity index (χ0) is 19.1. The predicted molar refractivity (Wildman–Crippen MR) is 106 cm³/mol. The first kappa shape index (κ1) is 17.2. The Morgan fingerprint density at radius 3 is 2.48 bits per heavy atom. The number of furan rings is 1. The molecule has 2 N–H and O–H groups in total. The maximum absolute atomic E-state index is 13.0. The number of carbonyl (C=O) groups excluding carboxylic acids is 2. The minimum absolute atomic E-state index is 0.130. The quantitative estimate of drug-likeness (QED) is 0.513. The summed E-state index contributed by atoms with van der Waals surface area (Å²) in [5.41, 5.74) is 8.92. The number of benzene rings is 1. The Balaban J connectivity index is 2.05. The van der Waals surface area contributed by atoms with Crippen LogP contribution in [0.3, 0.4) is 0 Å². The van der Waals surface area contributed by atoms with Crippen molar-refractivity contribution in [1.82, 2.24) is 4.98 Å². The number of carbonyl (C=O) groups is 2. The molecule has 0 saturated carbocycles. The lowest BCUT2D eigenvalue weighted by Crippen LogP contribution is -2.04. The van der Waals surface area contributed by atoms with E-state index >= 15 is 0 Å². The molecule has 0 aliphatic carbocycles. The molecule has 5 nitrogen and oxygen atoms in total. The average molecular weight is 376 g/mol. The SMILES string of the molecule is CC(=O)c1c(C)nc2sc(C(=O)c3ccccc3)c(N)c2c1-c1ccco1. The van der Waals surface area contributed by atoms with Crippen molar-refractivity contribution in [2.24, 2.45) is 0 Å². The number of rotatable bonds is 4. The molecule has 4 aromatic rings. The molecule has 134 valence electrons. The highest BCUT2D eigenvalue weighted by molar-refractivity contribution is 7.21. The van der Waals surface area contributed by atoms with Gasteiger partial charge in [0.1, 0.15) is 15.5 Å². The third-order valence-corrected chi connectivity index (χ3v) is 5.52. The predicted octanol–water partition coefficient (Wildman–Crippen LogP) is 4.88. The number of hydrogen-bond acceptors (Lipinski definition) is 6. The fourth-order valence-electron chi connectivity index (χ4n) is 3.25. The van der Waals surface area contributed by atoms with Gasteiger partial charge in [-0.15, -0.1) is 11.3 Å². The van der Waals surface area contributed by atoms with Crippen LogP contribution in [0.2, 0.25) is 0 Å². The molecule has 0 atom stereocenters. The number of aryl methyl sites for hydroxylation is 1. The van der Waals surface area contributed by atoms with Crippen molar-refractivity contribution < 1.29 is 14.0 Å². The molecule has 0 amide bonds. The maximum Gasteiger partial charge on any atom is 0.205 e. The fourth-order valence-corrected chi connectivity index (χ4v) is 4.37. The molecule has 0 unspecified atom stereocenters. The van der Waals surface area contributed by atoms with Crippen molar-refractivity contribution in [2.75, 3.05) is 5.73 Å². The van der Waals surface area contributed by atoms with E-state index < -0.39 is 0 Å². The first-order chi connectivity index (χ1) is 13.0. The average Bonchev–Trinajstić information content (AvgIpc) is 3.29. The summed E-state index contributed by atoms with van der Waals surface area (Å²) in [6.45, 7) is 3.26. The van der Waals surface area contributed by atoms with Crippen molar-refractivity contribution in [3.63, 3.8) is 0 Å². The van der Waals surface area contributed by atoms with Gasteiger partial charge in [0, 0.05) is 16.5 Å². The number of anilines is 1. The number of nitrogens with two attached hydrogens (primary N) is 1. The van der Waals surface area contributed by atoms with E-state index in [0.717, 1.165) is 0 Å². The molecule has 0 fully saturated rings. The Hall–Kier alpha value is -3.25. The Labute approximate surface area is 159 Å². The lowest BCUT2D eigenvalue weighted by Gasteiger charge is -2.10. The van der Waals surface area contributed by atoms with Gasteiger partial charge in [-0.3, -0.25) is 9.59 Å². The number of ketones is 2. The van der Waals surface area contributed by atoms with E-state index in [-0.39, 0.29) is 11.6 Å². The Bertz CT molecular complexity index is 1180. The molecule has 3 aromatic heterocycles. The Morgan fingerprint density at radius 1 is 1.11 bits per heavy atom. The van der Waals surface area contributed by atoms with Gasteiger partial charge in [-0.05, 0) is 26.0 Å². The van der Waals surface area contributed by atoms with E-state index in [4.69, 9.17) is 10.2 Å². The lowest BCUT2D eigenvalue weighted by atomic mass is 9.97. The standard InChI is InChI=1S/C21H16N2O3S/c1-11-15(12(2)24)16(14-9-6-10-26-14)17-18(22)20(27-21(17)23-11)19(25)13-7-4-3-5-8-13/h3-10H,22H2,1-2H3. The van der Waals surface area contributed by atoms with Crippen LogP contribution in [0.15, 0.2) is 53.1 Å². The summed E-state index contributed by atoms with van der Waals surface area (Å²) in [4.78, 5) is 30.8. The van der Waals surface area contributed by atoms with Gasteiger partial charge in [-0.1, -0.05) is 30.3 Å². The van der Waals surface area contributed by atoms with Gasteiger partial charge in [-0.25, -0.2) is 4.98 Å². The summed E-state index contributed by atoms with van der Waals surface area (Å²) in [5, 5.41) is 0.588. The van der Waals surface area contributed by atoms with Gasteiger partial charge >= 0.3 is 0 Å². The molecule has 3 heterocycles. The number of nitrogen functional groups attached to an aromatic ring is 1. The third-order valence-electron chi connectivity index (χ3n) is 4.42. The normalized spacial score (nSPS) is 11.0. The highest BCUT2D eigenvalue weighted by Crippen LogP contribution is 2.42. The van der Waals surface area contributed by atoms with Gasteiger partial charge in [0.25, 0.3) is 0 Å². The van der Waals surface area contributed by atoms with Crippen LogP contribution < -0.4 is 5.73 Å². The van der Waals surface area contributed by atoms with Crippen LogP contribution in [-0.4, -0.2) is 16.6 Å². The van der Waals surface area contributed by atoms with E-state index in [9.17, 15) is 9.59 Å². The number of Topliss-reactive ketones (excluding diaryl/α,β-unsaturated/α-hetero) is 1. The van der Waals surface area contributed by atoms with Crippen molar-refractivity contribution >= 4 is 38.8 Å². The highest BCUT2D eigenvalue weighted by Gasteiger charge is 2.26.